The molecule has 1 aliphatic heterocycles. The standard InChI is InChI=1S/C25H41NO6/c1-7-26-12-22(2)9-8-16(30-4)24-14-10-13-15(29-3)11-23(27,17(14)18(13)31-5)25(28,21(24)26)20(32-6)19(22)24/h13-21,27-28H,7-12H2,1-6H3/t13-,14-,15+,16+,17-,18-,19+,20+,21-,22-,23-,24-,25+/m0/s1. The van der Waals surface area contributed by atoms with Crippen molar-refractivity contribution in [1.29, 1.82) is 0 Å². The van der Waals surface area contributed by atoms with Gasteiger partial charge >= 0.3 is 0 Å². The first-order valence-corrected chi connectivity index (χ1v) is 12.5. The Morgan fingerprint density at radius 2 is 1.78 bits per heavy atom. The zero-order valence-electron chi connectivity index (χ0n) is 20.4. The molecule has 13 atom stereocenters. The van der Waals surface area contributed by atoms with Gasteiger partial charge in [-0.25, -0.2) is 0 Å². The largest absolute Gasteiger partial charge is 0.386 e. The van der Waals surface area contributed by atoms with Crippen LogP contribution in [-0.2, 0) is 18.9 Å². The molecule has 6 rings (SSSR count). The number of hydrogen-bond acceptors (Lipinski definition) is 7. The molecule has 1 saturated heterocycles. The highest BCUT2D eigenvalue weighted by Crippen LogP contribution is 2.80. The van der Waals surface area contributed by atoms with E-state index in [0.717, 1.165) is 32.4 Å². The first-order valence-electron chi connectivity index (χ1n) is 12.5. The number of methoxy groups -OCH3 is 4. The van der Waals surface area contributed by atoms with Gasteiger partial charge in [-0.2, -0.15) is 0 Å². The van der Waals surface area contributed by atoms with E-state index in [1.54, 1.807) is 21.3 Å². The van der Waals surface area contributed by atoms with Crippen LogP contribution < -0.4 is 0 Å². The topological polar surface area (TPSA) is 80.6 Å². The predicted molar refractivity (Wildman–Crippen MR) is 117 cm³/mol. The lowest BCUT2D eigenvalue weighted by Gasteiger charge is -2.70. The van der Waals surface area contributed by atoms with Gasteiger partial charge in [0.05, 0.1) is 30.5 Å². The van der Waals surface area contributed by atoms with Gasteiger partial charge in [0.1, 0.15) is 11.2 Å². The van der Waals surface area contributed by atoms with Crippen molar-refractivity contribution in [3.63, 3.8) is 0 Å². The SMILES string of the molecule is CCN1C[C@]2(C)CC[C@@H](OC)[C@@]34[C@@H]2[C@@H](OC)[C@@](O)([C@@H]13)[C@]1(O)C[C@@H](OC)[C@@H]2C[C@H]4[C@H]1[C@H]2OC. The van der Waals surface area contributed by atoms with E-state index in [9.17, 15) is 10.2 Å². The number of likely N-dealkylation sites (N-methyl/N-ethyl adjacent to an activating group) is 1. The van der Waals surface area contributed by atoms with E-state index in [2.05, 4.69) is 18.7 Å². The van der Waals surface area contributed by atoms with Crippen molar-refractivity contribution in [3.05, 3.63) is 0 Å². The van der Waals surface area contributed by atoms with Gasteiger partial charge in [-0.3, -0.25) is 4.90 Å². The number of hydrogen-bond donors (Lipinski definition) is 2. The molecule has 0 amide bonds. The molecular weight excluding hydrogens is 410 g/mol. The Morgan fingerprint density at radius 3 is 2.38 bits per heavy atom. The van der Waals surface area contributed by atoms with E-state index < -0.39 is 17.3 Å². The molecule has 0 aromatic rings. The van der Waals surface area contributed by atoms with E-state index in [1.165, 1.54) is 0 Å². The molecule has 7 nitrogen and oxygen atoms in total. The van der Waals surface area contributed by atoms with Crippen molar-refractivity contribution < 1.29 is 29.2 Å². The number of piperidine rings is 1. The number of rotatable bonds is 5. The maximum Gasteiger partial charge on any atom is 0.136 e. The van der Waals surface area contributed by atoms with Gasteiger partial charge in [-0.1, -0.05) is 13.8 Å². The Bertz CT molecular complexity index is 796. The van der Waals surface area contributed by atoms with Crippen LogP contribution in [-0.4, -0.2) is 98.3 Å². The van der Waals surface area contributed by atoms with E-state index in [-0.39, 0.29) is 58.9 Å². The Hall–Kier alpha value is -0.280. The Kier molecular flexibility index (Phi) is 4.64. The third kappa shape index (κ3) is 2.00. The minimum atomic E-state index is -1.41. The molecule has 0 unspecified atom stereocenters. The Labute approximate surface area is 191 Å². The van der Waals surface area contributed by atoms with Gasteiger partial charge in [-0.15, -0.1) is 0 Å². The summed E-state index contributed by atoms with van der Waals surface area (Å²) in [4.78, 5) is 2.46. The molecule has 1 spiro atoms. The summed E-state index contributed by atoms with van der Waals surface area (Å²) in [5, 5.41) is 25.7. The van der Waals surface area contributed by atoms with Crippen LogP contribution in [0.1, 0.15) is 39.5 Å². The summed E-state index contributed by atoms with van der Waals surface area (Å²) in [5.41, 5.74) is -3.03. The summed E-state index contributed by atoms with van der Waals surface area (Å²) >= 11 is 0. The van der Waals surface area contributed by atoms with Gasteiger partial charge in [0, 0.05) is 64.6 Å². The van der Waals surface area contributed by atoms with Crippen LogP contribution in [0.2, 0.25) is 0 Å². The van der Waals surface area contributed by atoms with Crippen LogP contribution in [0.25, 0.3) is 0 Å². The fourth-order valence-corrected chi connectivity index (χ4v) is 11.0. The third-order valence-corrected chi connectivity index (χ3v) is 11.5. The Morgan fingerprint density at radius 1 is 1.03 bits per heavy atom. The van der Waals surface area contributed by atoms with Crippen molar-refractivity contribution in [3.8, 4) is 0 Å². The second kappa shape index (κ2) is 6.68. The second-order valence-electron chi connectivity index (χ2n) is 12.0. The fraction of sp³-hybridized carbons (Fsp3) is 1.00. The van der Waals surface area contributed by atoms with Crippen molar-refractivity contribution in [2.75, 3.05) is 41.5 Å². The van der Waals surface area contributed by atoms with E-state index in [4.69, 9.17) is 18.9 Å². The van der Waals surface area contributed by atoms with Crippen molar-refractivity contribution in [2.24, 2.45) is 34.5 Å². The van der Waals surface area contributed by atoms with Gasteiger partial charge < -0.3 is 29.2 Å². The van der Waals surface area contributed by atoms with E-state index in [1.807, 2.05) is 7.11 Å². The van der Waals surface area contributed by atoms with Crippen LogP contribution in [0.15, 0.2) is 0 Å². The van der Waals surface area contributed by atoms with Crippen LogP contribution in [0.4, 0.5) is 0 Å². The highest BCUT2D eigenvalue weighted by Gasteiger charge is 2.91. The fourth-order valence-electron chi connectivity index (χ4n) is 11.0. The summed E-state index contributed by atoms with van der Waals surface area (Å²) in [6.07, 6.45) is 2.70. The molecule has 7 bridgehead atoms. The molecule has 32 heavy (non-hydrogen) atoms. The second-order valence-corrected chi connectivity index (χ2v) is 12.0. The summed E-state index contributed by atoms with van der Waals surface area (Å²) in [7, 11) is 7.03. The highest BCUT2D eigenvalue weighted by molar-refractivity contribution is 5.41. The number of nitrogens with zero attached hydrogens (tertiary/aromatic N) is 1. The number of likely N-dealkylation sites (tertiary alicyclic amines) is 1. The minimum absolute atomic E-state index is 0.00298. The van der Waals surface area contributed by atoms with Gasteiger partial charge in [0.25, 0.3) is 0 Å². The average molecular weight is 452 g/mol. The van der Waals surface area contributed by atoms with E-state index in [0.29, 0.717) is 6.42 Å². The molecule has 1 heterocycles. The quantitative estimate of drug-likeness (QED) is 0.652. The monoisotopic (exact) mass is 451 g/mol. The Balaban J connectivity index is 1.68. The maximum atomic E-state index is 13.0. The molecule has 6 aliphatic rings. The van der Waals surface area contributed by atoms with Crippen LogP contribution in [0.5, 0.6) is 0 Å². The van der Waals surface area contributed by atoms with Crippen LogP contribution in [0, 0.1) is 34.5 Å². The lowest BCUT2D eigenvalue weighted by molar-refractivity contribution is -0.318. The number of fused-ring (bicyclic) bond motifs is 2. The minimum Gasteiger partial charge on any atom is -0.386 e. The zero-order valence-corrected chi connectivity index (χ0v) is 20.4. The van der Waals surface area contributed by atoms with Gasteiger partial charge in [-0.05, 0) is 37.1 Å². The highest BCUT2D eigenvalue weighted by atomic mass is 16.5. The van der Waals surface area contributed by atoms with E-state index >= 15 is 0 Å². The predicted octanol–water partition coefficient (Wildman–Crippen LogP) is 1.30. The summed E-state index contributed by atoms with van der Waals surface area (Å²) in [6, 6.07) is -0.202. The van der Waals surface area contributed by atoms with Crippen molar-refractivity contribution in [1.82, 2.24) is 4.90 Å². The first-order chi connectivity index (χ1) is 15.2. The van der Waals surface area contributed by atoms with Gasteiger partial charge in [0.2, 0.25) is 0 Å². The molecule has 182 valence electrons. The maximum absolute atomic E-state index is 13.0. The molecule has 7 heteroatoms. The average Bonchev–Trinajstić information content (AvgIpc) is 3.20. The zero-order chi connectivity index (χ0) is 22.8. The first kappa shape index (κ1) is 22.2. The molecule has 0 aromatic heterocycles. The lowest BCUT2D eigenvalue weighted by atomic mass is 9.43. The number of ether oxygens (including phenoxy) is 4. The van der Waals surface area contributed by atoms with Crippen molar-refractivity contribution >= 4 is 0 Å². The lowest BCUT2D eigenvalue weighted by Crippen LogP contribution is -2.81. The molecular formula is C25H41NO6. The smallest absolute Gasteiger partial charge is 0.136 e. The molecule has 2 N–H and O–H groups in total. The van der Waals surface area contributed by atoms with Crippen molar-refractivity contribution in [2.45, 2.75) is 81.2 Å². The summed E-state index contributed by atoms with van der Waals surface area (Å²) < 4.78 is 24.6. The molecule has 5 saturated carbocycles. The third-order valence-electron chi connectivity index (χ3n) is 11.5. The van der Waals surface area contributed by atoms with Crippen LogP contribution in [0.3, 0.4) is 0 Å². The normalized spacial score (nSPS) is 62.4. The summed E-state index contributed by atoms with van der Waals surface area (Å²) in [5.74, 6) is 0.398. The summed E-state index contributed by atoms with van der Waals surface area (Å²) in [6.45, 7) is 6.33. The van der Waals surface area contributed by atoms with Crippen LogP contribution >= 0.6 is 0 Å². The number of aliphatic hydroxyl groups is 2. The molecule has 5 aliphatic carbocycles. The molecule has 0 radical (unpaired) electrons. The van der Waals surface area contributed by atoms with Gasteiger partial charge in [0.15, 0.2) is 0 Å². The molecule has 6 fully saturated rings. The molecule has 0 aromatic carbocycles.